The Balaban J connectivity index is 2.89. The Morgan fingerprint density at radius 1 is 1.47 bits per heavy atom. The number of halogens is 3. The van der Waals surface area contributed by atoms with Gasteiger partial charge in [-0.2, -0.15) is 27.8 Å². The van der Waals surface area contributed by atoms with E-state index in [9.17, 15) is 13.2 Å². The maximum Gasteiger partial charge on any atom is 0.452 e. The van der Waals surface area contributed by atoms with Crippen molar-refractivity contribution >= 4 is 16.7 Å². The number of hydrogen-bond donors (Lipinski definition) is 0. The first-order valence-electron chi connectivity index (χ1n) is 4.90. The number of alkyl halides is 3. The molecule has 0 radical (unpaired) electrons. The maximum atomic E-state index is 12.3. The fourth-order valence-corrected chi connectivity index (χ4v) is 2.04. The summed E-state index contributed by atoms with van der Waals surface area (Å²) < 4.78 is 40.3. The molecule has 0 aliphatic carbocycles. The van der Waals surface area contributed by atoms with Gasteiger partial charge in [0.2, 0.25) is 11.0 Å². The van der Waals surface area contributed by atoms with E-state index in [2.05, 4.69) is 9.36 Å². The molecule has 1 aromatic heterocycles. The van der Waals surface area contributed by atoms with Gasteiger partial charge in [0.1, 0.15) is 0 Å². The Kier molecular flexibility index (Phi) is 4.28. The fourth-order valence-electron chi connectivity index (χ4n) is 1.19. The molecule has 8 heteroatoms. The predicted octanol–water partition coefficient (Wildman–Crippen LogP) is 2.69. The average Bonchev–Trinajstić information content (AvgIpc) is 2.66. The summed E-state index contributed by atoms with van der Waals surface area (Å²) >= 11 is 0.699. The number of anilines is 1. The van der Waals surface area contributed by atoms with Crippen LogP contribution >= 0.6 is 11.5 Å². The van der Waals surface area contributed by atoms with Crippen molar-refractivity contribution in [2.45, 2.75) is 32.5 Å². The van der Waals surface area contributed by atoms with E-state index in [4.69, 9.17) is 5.26 Å². The summed E-state index contributed by atoms with van der Waals surface area (Å²) in [5.41, 5.74) is 0. The van der Waals surface area contributed by atoms with Crippen molar-refractivity contribution in [1.29, 1.82) is 5.26 Å². The zero-order valence-corrected chi connectivity index (χ0v) is 10.1. The van der Waals surface area contributed by atoms with Crippen molar-refractivity contribution in [2.75, 3.05) is 11.4 Å². The molecular weight excluding hydrogens is 253 g/mol. The van der Waals surface area contributed by atoms with Gasteiger partial charge in [-0.25, -0.2) is 0 Å². The Bertz CT molecular complexity index is 407. The van der Waals surface area contributed by atoms with E-state index in [1.807, 2.05) is 19.9 Å². The summed E-state index contributed by atoms with van der Waals surface area (Å²) in [4.78, 5) is 5.09. The van der Waals surface area contributed by atoms with E-state index in [-0.39, 0.29) is 17.6 Å². The summed E-state index contributed by atoms with van der Waals surface area (Å²) in [5, 5.41) is 8.69. The Hall–Kier alpha value is -1.36. The highest BCUT2D eigenvalue weighted by Crippen LogP contribution is 2.30. The minimum atomic E-state index is -4.52. The van der Waals surface area contributed by atoms with Crippen LogP contribution < -0.4 is 4.90 Å². The van der Waals surface area contributed by atoms with Gasteiger partial charge in [0, 0.05) is 24.1 Å². The molecule has 0 unspecified atom stereocenters. The smallest absolute Gasteiger partial charge is 0.343 e. The van der Waals surface area contributed by atoms with E-state index in [1.54, 1.807) is 4.90 Å². The third kappa shape index (κ3) is 3.56. The first kappa shape index (κ1) is 13.7. The van der Waals surface area contributed by atoms with Gasteiger partial charge in [0.15, 0.2) is 0 Å². The van der Waals surface area contributed by atoms with Crippen LogP contribution in [0.1, 0.15) is 26.1 Å². The molecular formula is C9H11F3N4S. The number of rotatable bonds is 4. The summed E-state index contributed by atoms with van der Waals surface area (Å²) in [6.45, 7) is 4.00. The van der Waals surface area contributed by atoms with Gasteiger partial charge in [-0.3, -0.25) is 0 Å². The SMILES string of the molecule is CC(C)N(CCC#N)c1nc(C(F)(F)F)ns1. The molecule has 0 saturated heterocycles. The highest BCUT2D eigenvalue weighted by Gasteiger charge is 2.36. The molecule has 0 spiro atoms. The molecule has 0 aromatic carbocycles. The van der Waals surface area contributed by atoms with Crippen LogP contribution in [-0.4, -0.2) is 21.9 Å². The average molecular weight is 264 g/mol. The van der Waals surface area contributed by atoms with Gasteiger partial charge in [0.05, 0.1) is 12.5 Å². The Morgan fingerprint density at radius 3 is 2.53 bits per heavy atom. The van der Waals surface area contributed by atoms with Crippen LogP contribution in [0.5, 0.6) is 0 Å². The molecule has 0 amide bonds. The minimum Gasteiger partial charge on any atom is -0.343 e. The predicted molar refractivity (Wildman–Crippen MR) is 57.6 cm³/mol. The van der Waals surface area contributed by atoms with Gasteiger partial charge in [-0.15, -0.1) is 0 Å². The van der Waals surface area contributed by atoms with Gasteiger partial charge in [0.25, 0.3) is 0 Å². The molecule has 17 heavy (non-hydrogen) atoms. The summed E-state index contributed by atoms with van der Waals surface area (Å²) in [6.07, 6.45) is -4.29. The molecule has 0 N–H and O–H groups in total. The van der Waals surface area contributed by atoms with Gasteiger partial charge < -0.3 is 4.90 Å². The minimum absolute atomic E-state index is 0.0302. The Morgan fingerprint density at radius 2 is 2.12 bits per heavy atom. The third-order valence-corrected chi connectivity index (χ3v) is 2.76. The molecule has 1 rings (SSSR count). The molecule has 1 aromatic rings. The van der Waals surface area contributed by atoms with Gasteiger partial charge in [-0.1, -0.05) is 0 Å². The second-order valence-corrected chi connectivity index (χ2v) is 4.32. The lowest BCUT2D eigenvalue weighted by Gasteiger charge is -2.24. The largest absolute Gasteiger partial charge is 0.452 e. The van der Waals surface area contributed by atoms with Crippen LogP contribution in [0.25, 0.3) is 0 Å². The second-order valence-electron chi connectivity index (χ2n) is 3.59. The lowest BCUT2D eigenvalue weighted by atomic mass is 10.3. The fraction of sp³-hybridized carbons (Fsp3) is 0.667. The molecule has 0 aliphatic heterocycles. The molecule has 1 heterocycles. The second kappa shape index (κ2) is 5.31. The van der Waals surface area contributed by atoms with Crippen molar-refractivity contribution < 1.29 is 13.2 Å². The molecule has 0 bridgehead atoms. The number of aromatic nitrogens is 2. The first-order valence-corrected chi connectivity index (χ1v) is 5.68. The van der Waals surface area contributed by atoms with Crippen molar-refractivity contribution in [3.8, 4) is 6.07 Å². The highest BCUT2D eigenvalue weighted by molar-refractivity contribution is 7.09. The van der Waals surface area contributed by atoms with Gasteiger partial charge in [-0.05, 0) is 13.8 Å². The van der Waals surface area contributed by atoms with Crippen molar-refractivity contribution in [3.63, 3.8) is 0 Å². The van der Waals surface area contributed by atoms with Crippen molar-refractivity contribution in [2.24, 2.45) is 0 Å². The van der Waals surface area contributed by atoms with Gasteiger partial charge >= 0.3 is 6.18 Å². The van der Waals surface area contributed by atoms with Crippen LogP contribution in [0.15, 0.2) is 0 Å². The van der Waals surface area contributed by atoms with E-state index in [0.717, 1.165) is 0 Å². The molecule has 0 saturated carbocycles. The quantitative estimate of drug-likeness (QED) is 0.839. The first-order chi connectivity index (χ1) is 7.86. The van der Waals surface area contributed by atoms with Crippen LogP contribution in [0.4, 0.5) is 18.3 Å². The maximum absolute atomic E-state index is 12.3. The molecule has 0 aliphatic rings. The normalized spacial score (nSPS) is 11.6. The molecule has 94 valence electrons. The van der Waals surface area contributed by atoms with E-state index >= 15 is 0 Å². The number of nitrogens with zero attached hydrogens (tertiary/aromatic N) is 4. The van der Waals surface area contributed by atoms with E-state index < -0.39 is 12.0 Å². The van der Waals surface area contributed by atoms with Crippen LogP contribution in [-0.2, 0) is 6.18 Å². The lowest BCUT2D eigenvalue weighted by molar-refractivity contribution is -0.144. The molecule has 0 fully saturated rings. The topological polar surface area (TPSA) is 52.8 Å². The van der Waals surface area contributed by atoms with Crippen LogP contribution in [0, 0.1) is 11.3 Å². The number of hydrogen-bond acceptors (Lipinski definition) is 5. The standard InChI is InChI=1S/C9H11F3N4S/c1-6(2)16(5-3-4-13)8-14-7(15-17-8)9(10,11)12/h6H,3,5H2,1-2H3. The third-order valence-electron chi connectivity index (χ3n) is 2.00. The van der Waals surface area contributed by atoms with E-state index in [1.165, 1.54) is 0 Å². The van der Waals surface area contributed by atoms with Crippen LogP contribution in [0.2, 0.25) is 0 Å². The zero-order chi connectivity index (χ0) is 13.1. The molecule has 0 atom stereocenters. The lowest BCUT2D eigenvalue weighted by Crippen LogP contribution is -2.31. The summed E-state index contributed by atoms with van der Waals surface area (Å²) in [7, 11) is 0. The summed E-state index contributed by atoms with van der Waals surface area (Å²) in [6, 6.07) is 1.92. The van der Waals surface area contributed by atoms with Crippen LogP contribution in [0.3, 0.4) is 0 Å². The number of nitriles is 1. The van der Waals surface area contributed by atoms with Crippen molar-refractivity contribution in [3.05, 3.63) is 5.82 Å². The summed E-state index contributed by atoms with van der Waals surface area (Å²) in [5.74, 6) is -1.12. The zero-order valence-electron chi connectivity index (χ0n) is 9.32. The monoisotopic (exact) mass is 264 g/mol. The Labute approximate surface area is 101 Å². The van der Waals surface area contributed by atoms with Crippen molar-refractivity contribution in [1.82, 2.24) is 9.36 Å². The van der Waals surface area contributed by atoms with E-state index in [0.29, 0.717) is 18.1 Å². The molecule has 4 nitrogen and oxygen atoms in total. The highest BCUT2D eigenvalue weighted by atomic mass is 32.1.